The van der Waals surface area contributed by atoms with Crippen LogP contribution >= 0.6 is 68.5 Å². The van der Waals surface area contributed by atoms with Crippen LogP contribution < -0.4 is 11.1 Å². The van der Waals surface area contributed by atoms with Crippen molar-refractivity contribution in [1.82, 2.24) is 29.7 Å². The summed E-state index contributed by atoms with van der Waals surface area (Å²) in [7, 11) is 0. The van der Waals surface area contributed by atoms with E-state index in [0.29, 0.717) is 38.5 Å². The molecule has 348 valence electrons. The number of nitrogen functional groups attached to an aromatic ring is 1. The van der Waals surface area contributed by atoms with E-state index in [2.05, 4.69) is 21.9 Å². The van der Waals surface area contributed by atoms with Gasteiger partial charge in [0.15, 0.2) is 0 Å². The monoisotopic (exact) mass is 1010 g/mol. The summed E-state index contributed by atoms with van der Waals surface area (Å²) in [5.74, 6) is 0.0420. The number of thiazole rings is 2. The predicted molar refractivity (Wildman–Crippen MR) is 267 cm³/mol. The smallest absolute Gasteiger partial charge is 0.410 e. The molecule has 0 saturated heterocycles. The largest absolute Gasteiger partial charge is 0.444 e. The maximum Gasteiger partial charge on any atom is 0.410 e. The van der Waals surface area contributed by atoms with Gasteiger partial charge in [-0.05, 0) is 107 Å². The lowest BCUT2D eigenvalue weighted by Gasteiger charge is -2.30. The topological polar surface area (TPSA) is 183 Å². The van der Waals surface area contributed by atoms with E-state index in [1.165, 1.54) is 45.6 Å². The Bertz CT molecular complexity index is 2670. The first kappa shape index (κ1) is 50.2. The number of amides is 3. The van der Waals surface area contributed by atoms with Gasteiger partial charge in [0.25, 0.3) is 0 Å². The number of ether oxygens (including phenoxy) is 2. The molecule has 8 rings (SSSR count). The SMILES string of the molecule is C=CC(=O)Nc1sc2c(c1-c1nc(-c3cccnc3)cs1)CCN(C(=O)OC(C)(C)C)C2.CC(C)(C)OC(=O)N1CCc2c(sc(N)c2-c2nc(-c3cccnc3)cs2)C1.O=C(Cl)CCCl. The Morgan fingerprint density at radius 2 is 1.29 bits per heavy atom. The molecule has 2 aliphatic rings. The molecule has 0 bridgehead atoms. The lowest BCUT2D eigenvalue weighted by molar-refractivity contribution is -0.112. The van der Waals surface area contributed by atoms with Crippen molar-refractivity contribution < 1.29 is 28.7 Å². The van der Waals surface area contributed by atoms with Gasteiger partial charge in [-0.15, -0.1) is 56.9 Å². The highest BCUT2D eigenvalue weighted by molar-refractivity contribution is 7.19. The van der Waals surface area contributed by atoms with Crippen molar-refractivity contribution in [3.05, 3.63) is 93.3 Å². The molecule has 14 nitrogen and oxygen atoms in total. The van der Waals surface area contributed by atoms with E-state index in [1.807, 2.05) is 82.8 Å². The van der Waals surface area contributed by atoms with Gasteiger partial charge in [-0.1, -0.05) is 6.58 Å². The highest BCUT2D eigenvalue weighted by Crippen LogP contribution is 2.46. The zero-order valence-corrected chi connectivity index (χ0v) is 42.1. The maximum absolute atomic E-state index is 12.6. The number of aromatic nitrogens is 4. The van der Waals surface area contributed by atoms with Gasteiger partial charge >= 0.3 is 12.2 Å². The van der Waals surface area contributed by atoms with Crippen LogP contribution in [0.3, 0.4) is 0 Å². The standard InChI is InChI=1S/C23H24N4O3S2.C20H22N4O2S2.C3H4Cl2O/c1-5-18(28)26-21-19(20-25-16(13-31-20)14-7-6-9-24-11-14)15-8-10-27(12-17(15)32-21)22(29)30-23(2,3)4;1-20(2,3)26-19(25)24-8-6-13-15(10-24)28-17(21)16(13)18-23-14(11-27-18)12-5-4-7-22-9-12;4-2-1-3(5)6/h5-7,9,11,13H,1,8,10,12H2,2-4H3,(H,26,28);4-5,7,9,11H,6,8,10,21H2,1-3H3;1-2H2. The van der Waals surface area contributed by atoms with E-state index >= 15 is 0 Å². The van der Waals surface area contributed by atoms with E-state index < -0.39 is 11.2 Å². The Morgan fingerprint density at radius 3 is 1.71 bits per heavy atom. The molecule has 20 heteroatoms. The molecule has 0 radical (unpaired) electrons. The molecule has 2 aliphatic heterocycles. The zero-order chi connectivity index (χ0) is 47.8. The highest BCUT2D eigenvalue weighted by atomic mass is 35.5. The fraction of sp³-hybridized carbons (Fsp3) is 0.348. The number of thiophene rings is 2. The fourth-order valence-corrected chi connectivity index (χ4v) is 11.4. The molecule has 0 fully saturated rings. The fourth-order valence-electron chi connectivity index (χ4n) is 6.65. The molecule has 66 heavy (non-hydrogen) atoms. The summed E-state index contributed by atoms with van der Waals surface area (Å²) in [6.45, 7) is 16.9. The van der Waals surface area contributed by atoms with E-state index in [9.17, 15) is 19.2 Å². The molecule has 0 aromatic carbocycles. The molecule has 0 unspecified atom stereocenters. The van der Waals surface area contributed by atoms with Crippen LogP contribution in [0.1, 0.15) is 68.8 Å². The summed E-state index contributed by atoms with van der Waals surface area (Å²) in [5.41, 5.74) is 13.2. The minimum Gasteiger partial charge on any atom is -0.444 e. The van der Waals surface area contributed by atoms with Gasteiger partial charge in [0, 0.05) is 92.9 Å². The molecule has 0 spiro atoms. The molecule has 8 heterocycles. The lowest BCUT2D eigenvalue weighted by Crippen LogP contribution is -2.39. The number of nitrogens with two attached hydrogens (primary N) is 1. The third kappa shape index (κ3) is 13.2. The van der Waals surface area contributed by atoms with Gasteiger partial charge in [0.1, 0.15) is 26.2 Å². The number of carbonyl (C=O) groups is 4. The highest BCUT2D eigenvalue weighted by Gasteiger charge is 2.33. The molecular weight excluding hydrogens is 960 g/mol. The van der Waals surface area contributed by atoms with Crippen molar-refractivity contribution in [3.8, 4) is 43.7 Å². The second-order valence-electron chi connectivity index (χ2n) is 16.8. The van der Waals surface area contributed by atoms with Gasteiger partial charge in [-0.3, -0.25) is 19.6 Å². The number of hydrogen-bond acceptors (Lipinski definition) is 15. The quantitative estimate of drug-likeness (QED) is 0.0840. The first-order valence-electron chi connectivity index (χ1n) is 20.7. The summed E-state index contributed by atoms with van der Waals surface area (Å²) in [5, 5.41) is 9.80. The average Bonchev–Trinajstić information content (AvgIpc) is 4.08. The maximum atomic E-state index is 12.6. The van der Waals surface area contributed by atoms with Crippen LogP contribution in [0.25, 0.3) is 43.7 Å². The second-order valence-corrected chi connectivity index (χ2v) is 21.6. The summed E-state index contributed by atoms with van der Waals surface area (Å²) in [6, 6.07) is 7.74. The minimum absolute atomic E-state index is 0.267. The number of alkyl halides is 1. The number of fused-ring (bicyclic) bond motifs is 2. The molecule has 3 amide bonds. The van der Waals surface area contributed by atoms with Crippen LogP contribution in [0.4, 0.5) is 19.6 Å². The molecule has 0 saturated carbocycles. The summed E-state index contributed by atoms with van der Waals surface area (Å²) in [4.78, 5) is 70.4. The van der Waals surface area contributed by atoms with E-state index in [-0.39, 0.29) is 29.8 Å². The van der Waals surface area contributed by atoms with E-state index in [0.717, 1.165) is 75.4 Å². The van der Waals surface area contributed by atoms with Crippen LogP contribution in [0.2, 0.25) is 0 Å². The Labute approximate surface area is 409 Å². The summed E-state index contributed by atoms with van der Waals surface area (Å²) in [6.07, 6.45) is 9.38. The van der Waals surface area contributed by atoms with Gasteiger partial charge < -0.3 is 30.3 Å². The van der Waals surface area contributed by atoms with Crippen LogP contribution in [0.15, 0.2) is 72.5 Å². The predicted octanol–water partition coefficient (Wildman–Crippen LogP) is 11.5. The van der Waals surface area contributed by atoms with Crippen molar-refractivity contribution in [1.29, 1.82) is 0 Å². The lowest BCUT2D eigenvalue weighted by atomic mass is 10.0. The number of rotatable bonds is 8. The third-order valence-corrected chi connectivity index (χ3v) is 13.8. The van der Waals surface area contributed by atoms with Crippen molar-refractivity contribution >= 4 is 102 Å². The van der Waals surface area contributed by atoms with Gasteiger partial charge in [0.05, 0.1) is 29.5 Å². The normalized spacial score (nSPS) is 13.2. The molecule has 6 aromatic rings. The number of anilines is 2. The van der Waals surface area contributed by atoms with E-state index in [4.69, 9.17) is 48.4 Å². The number of halogens is 2. The molecule has 6 aromatic heterocycles. The van der Waals surface area contributed by atoms with Crippen molar-refractivity contribution in [2.75, 3.05) is 30.0 Å². The summed E-state index contributed by atoms with van der Waals surface area (Å²) < 4.78 is 11.1. The van der Waals surface area contributed by atoms with Crippen molar-refractivity contribution in [2.45, 2.75) is 85.1 Å². The molecule has 0 atom stereocenters. The van der Waals surface area contributed by atoms with E-state index in [1.54, 1.807) is 39.7 Å². The van der Waals surface area contributed by atoms with Crippen LogP contribution in [0.5, 0.6) is 0 Å². The van der Waals surface area contributed by atoms with Crippen molar-refractivity contribution in [2.24, 2.45) is 0 Å². The Balaban J connectivity index is 0.000000196. The number of nitrogens with one attached hydrogen (secondary N) is 1. The van der Waals surface area contributed by atoms with Gasteiger partial charge in [-0.25, -0.2) is 19.6 Å². The molecule has 3 N–H and O–H groups in total. The number of pyridine rings is 2. The van der Waals surface area contributed by atoms with Crippen molar-refractivity contribution in [3.63, 3.8) is 0 Å². The Morgan fingerprint density at radius 1 is 0.803 bits per heavy atom. The average molecular weight is 1010 g/mol. The number of hydrogen-bond donors (Lipinski definition) is 2. The Hall–Kier alpha value is -5.24. The van der Waals surface area contributed by atoms with Crippen LogP contribution in [0, 0.1) is 0 Å². The molecule has 0 aliphatic carbocycles. The second kappa shape index (κ2) is 22.0. The zero-order valence-electron chi connectivity index (χ0n) is 37.3. The molecular formula is C46H50Cl2N8O6S4. The number of carbonyl (C=O) groups excluding carboxylic acids is 4. The van der Waals surface area contributed by atoms with Crippen LogP contribution in [-0.2, 0) is 45.0 Å². The first-order valence-corrected chi connectivity index (χ1v) is 25.0. The number of nitrogens with zero attached hydrogens (tertiary/aromatic N) is 6. The minimum atomic E-state index is -0.551. The van der Waals surface area contributed by atoms with Gasteiger partial charge in [0.2, 0.25) is 11.1 Å². The third-order valence-electron chi connectivity index (χ3n) is 9.51. The van der Waals surface area contributed by atoms with Crippen LogP contribution in [-0.4, -0.2) is 83.2 Å². The summed E-state index contributed by atoms with van der Waals surface area (Å²) >= 11 is 16.1. The Kier molecular flexibility index (Phi) is 16.8. The first-order chi connectivity index (χ1) is 31.3. The van der Waals surface area contributed by atoms with Gasteiger partial charge in [-0.2, -0.15) is 0 Å².